The largest absolute Gasteiger partial charge is 0.373 e. The monoisotopic (exact) mass is 248 g/mol. The van der Waals surface area contributed by atoms with Crippen molar-refractivity contribution in [2.75, 3.05) is 45.6 Å². The fourth-order valence-electron chi connectivity index (χ4n) is 2.48. The minimum atomic E-state index is 0.956. The summed E-state index contributed by atoms with van der Waals surface area (Å²) < 4.78 is 0. The van der Waals surface area contributed by atoms with Gasteiger partial charge < -0.3 is 15.1 Å². The summed E-state index contributed by atoms with van der Waals surface area (Å²) in [6.07, 6.45) is 4.58. The van der Waals surface area contributed by atoms with Gasteiger partial charge in [-0.15, -0.1) is 0 Å². The lowest BCUT2D eigenvalue weighted by Crippen LogP contribution is -2.31. The zero-order valence-electron chi connectivity index (χ0n) is 11.5. The van der Waals surface area contributed by atoms with Crippen LogP contribution in [0.1, 0.15) is 18.4 Å². The topological polar surface area (TPSA) is 31.4 Å². The first-order valence-corrected chi connectivity index (χ1v) is 6.82. The maximum Gasteiger partial charge on any atom is 0.130 e. The number of hydrogen-bond donors (Lipinski definition) is 1. The molecule has 4 nitrogen and oxygen atoms in total. The first kappa shape index (κ1) is 13.3. The highest BCUT2D eigenvalue weighted by Gasteiger charge is 2.12. The Kier molecular flexibility index (Phi) is 4.96. The molecule has 0 amide bonds. The maximum absolute atomic E-state index is 4.34. The molecule has 0 spiro atoms. The van der Waals surface area contributed by atoms with E-state index in [4.69, 9.17) is 0 Å². The van der Waals surface area contributed by atoms with Crippen LogP contribution in [-0.2, 0) is 6.54 Å². The van der Waals surface area contributed by atoms with Crippen LogP contribution in [-0.4, -0.2) is 55.1 Å². The first-order valence-electron chi connectivity index (χ1n) is 6.82. The van der Waals surface area contributed by atoms with Gasteiger partial charge in [-0.05, 0) is 39.0 Å². The van der Waals surface area contributed by atoms with Crippen molar-refractivity contribution in [2.45, 2.75) is 19.4 Å². The van der Waals surface area contributed by atoms with E-state index in [1.165, 1.54) is 38.0 Å². The normalized spacial score (nSPS) is 16.4. The molecule has 0 unspecified atom stereocenters. The number of nitrogens with one attached hydrogen (secondary N) is 1. The molecule has 0 atom stereocenters. The quantitative estimate of drug-likeness (QED) is 0.829. The van der Waals surface area contributed by atoms with Crippen molar-refractivity contribution in [3.8, 4) is 0 Å². The van der Waals surface area contributed by atoms with Crippen LogP contribution in [0.25, 0.3) is 0 Å². The molecule has 0 bridgehead atoms. The van der Waals surface area contributed by atoms with Crippen LogP contribution < -0.4 is 5.32 Å². The van der Waals surface area contributed by atoms with Crippen LogP contribution in [0.4, 0.5) is 5.82 Å². The smallest absolute Gasteiger partial charge is 0.130 e. The zero-order chi connectivity index (χ0) is 12.8. The van der Waals surface area contributed by atoms with Crippen molar-refractivity contribution in [3.63, 3.8) is 0 Å². The van der Waals surface area contributed by atoms with Gasteiger partial charge in [0.05, 0.1) is 0 Å². The van der Waals surface area contributed by atoms with Gasteiger partial charge in [-0.3, -0.25) is 0 Å². The van der Waals surface area contributed by atoms with Crippen molar-refractivity contribution in [3.05, 3.63) is 23.9 Å². The Labute approximate surface area is 110 Å². The molecule has 18 heavy (non-hydrogen) atoms. The predicted octanol–water partition coefficient (Wildman–Crippen LogP) is 1.65. The standard InChI is InChI=1S/C14H24N4/c1-15-14-13(6-5-7-16-14)12-17(2)10-11-18-8-3-4-9-18/h5-7H,3-4,8-12H2,1-2H3,(H,15,16). The van der Waals surface area contributed by atoms with Crippen molar-refractivity contribution in [1.82, 2.24) is 14.8 Å². The fourth-order valence-corrected chi connectivity index (χ4v) is 2.48. The Morgan fingerprint density at radius 1 is 1.39 bits per heavy atom. The number of nitrogens with zero attached hydrogens (tertiary/aromatic N) is 3. The summed E-state index contributed by atoms with van der Waals surface area (Å²) >= 11 is 0. The molecule has 0 aromatic carbocycles. The maximum atomic E-state index is 4.34. The van der Waals surface area contributed by atoms with E-state index in [0.717, 1.165) is 18.9 Å². The van der Waals surface area contributed by atoms with Crippen molar-refractivity contribution in [1.29, 1.82) is 0 Å². The Hall–Kier alpha value is -1.13. The average molecular weight is 248 g/mol. The highest BCUT2D eigenvalue weighted by Crippen LogP contribution is 2.13. The molecule has 1 fully saturated rings. The zero-order valence-corrected chi connectivity index (χ0v) is 11.5. The second-order valence-electron chi connectivity index (χ2n) is 5.05. The number of rotatable bonds is 6. The molecule has 1 aromatic rings. The Morgan fingerprint density at radius 3 is 2.89 bits per heavy atom. The molecule has 4 heteroatoms. The Balaban J connectivity index is 1.80. The van der Waals surface area contributed by atoms with E-state index in [9.17, 15) is 0 Å². The minimum absolute atomic E-state index is 0.956. The van der Waals surface area contributed by atoms with Crippen molar-refractivity contribution < 1.29 is 0 Å². The van der Waals surface area contributed by atoms with Gasteiger partial charge in [0.25, 0.3) is 0 Å². The van der Waals surface area contributed by atoms with E-state index in [-0.39, 0.29) is 0 Å². The fraction of sp³-hybridized carbons (Fsp3) is 0.643. The third-order valence-electron chi connectivity index (χ3n) is 3.56. The van der Waals surface area contributed by atoms with E-state index in [2.05, 4.69) is 33.2 Å². The number of likely N-dealkylation sites (N-methyl/N-ethyl adjacent to an activating group) is 1. The highest BCUT2D eigenvalue weighted by atomic mass is 15.2. The van der Waals surface area contributed by atoms with Crippen molar-refractivity contribution in [2.24, 2.45) is 0 Å². The number of hydrogen-bond acceptors (Lipinski definition) is 4. The van der Waals surface area contributed by atoms with E-state index >= 15 is 0 Å². The molecule has 1 aliphatic rings. The summed E-state index contributed by atoms with van der Waals surface area (Å²) in [5.41, 5.74) is 1.27. The molecule has 100 valence electrons. The summed E-state index contributed by atoms with van der Waals surface area (Å²) in [4.78, 5) is 9.27. The molecule has 0 aliphatic carbocycles. The second kappa shape index (κ2) is 6.71. The molecule has 2 rings (SSSR count). The molecule has 2 heterocycles. The lowest BCUT2D eigenvalue weighted by Gasteiger charge is -2.22. The lowest BCUT2D eigenvalue weighted by atomic mass is 10.2. The Bertz CT molecular complexity index is 361. The summed E-state index contributed by atoms with van der Waals surface area (Å²) in [6.45, 7) is 5.83. The van der Waals surface area contributed by atoms with Gasteiger partial charge >= 0.3 is 0 Å². The number of likely N-dealkylation sites (tertiary alicyclic amines) is 1. The van der Waals surface area contributed by atoms with Gasteiger partial charge in [-0.1, -0.05) is 6.07 Å². The SMILES string of the molecule is CNc1ncccc1CN(C)CCN1CCCC1. The molecule has 1 aliphatic heterocycles. The van der Waals surface area contributed by atoms with Gasteiger partial charge in [0, 0.05) is 38.4 Å². The van der Waals surface area contributed by atoms with Gasteiger partial charge in [0.2, 0.25) is 0 Å². The summed E-state index contributed by atoms with van der Waals surface area (Å²) in [6, 6.07) is 4.15. The van der Waals surface area contributed by atoms with E-state index in [1.54, 1.807) is 0 Å². The molecule has 0 radical (unpaired) electrons. The van der Waals surface area contributed by atoms with Gasteiger partial charge in [-0.2, -0.15) is 0 Å². The molecular formula is C14H24N4. The second-order valence-corrected chi connectivity index (χ2v) is 5.05. The third kappa shape index (κ3) is 3.68. The molecular weight excluding hydrogens is 224 g/mol. The van der Waals surface area contributed by atoms with Gasteiger partial charge in [0.1, 0.15) is 5.82 Å². The van der Waals surface area contributed by atoms with E-state index < -0.39 is 0 Å². The van der Waals surface area contributed by atoms with E-state index in [1.807, 2.05) is 19.3 Å². The average Bonchev–Trinajstić information content (AvgIpc) is 2.90. The third-order valence-corrected chi connectivity index (χ3v) is 3.56. The van der Waals surface area contributed by atoms with Crippen LogP contribution in [0, 0.1) is 0 Å². The van der Waals surface area contributed by atoms with Crippen LogP contribution in [0.5, 0.6) is 0 Å². The highest BCUT2D eigenvalue weighted by molar-refractivity contribution is 5.42. The van der Waals surface area contributed by atoms with E-state index in [0.29, 0.717) is 0 Å². The van der Waals surface area contributed by atoms with Crippen LogP contribution in [0.2, 0.25) is 0 Å². The summed E-state index contributed by atoms with van der Waals surface area (Å²) in [5.74, 6) is 0.991. The molecule has 1 saturated heterocycles. The molecule has 1 aromatic heterocycles. The summed E-state index contributed by atoms with van der Waals surface area (Å²) in [5, 5.41) is 3.15. The van der Waals surface area contributed by atoms with Crippen LogP contribution >= 0.6 is 0 Å². The molecule has 1 N–H and O–H groups in total. The van der Waals surface area contributed by atoms with Crippen LogP contribution in [0.3, 0.4) is 0 Å². The van der Waals surface area contributed by atoms with Crippen LogP contribution in [0.15, 0.2) is 18.3 Å². The van der Waals surface area contributed by atoms with Crippen molar-refractivity contribution >= 4 is 5.82 Å². The Morgan fingerprint density at radius 2 is 2.17 bits per heavy atom. The first-order chi connectivity index (χ1) is 8.79. The minimum Gasteiger partial charge on any atom is -0.373 e. The predicted molar refractivity (Wildman–Crippen MR) is 75.8 cm³/mol. The number of aromatic nitrogens is 1. The molecule has 0 saturated carbocycles. The lowest BCUT2D eigenvalue weighted by molar-refractivity contribution is 0.252. The van der Waals surface area contributed by atoms with Gasteiger partial charge in [0.15, 0.2) is 0 Å². The number of anilines is 1. The van der Waals surface area contributed by atoms with Gasteiger partial charge in [-0.25, -0.2) is 4.98 Å². The summed E-state index contributed by atoms with van der Waals surface area (Å²) in [7, 11) is 4.11. The number of pyridine rings is 1.